The number of carbonyl (C=O) groups is 2. The van der Waals surface area contributed by atoms with E-state index >= 15 is 0 Å². The molecule has 2 heterocycles. The minimum atomic E-state index is -0.496. The van der Waals surface area contributed by atoms with Gasteiger partial charge >= 0.3 is 0 Å². The van der Waals surface area contributed by atoms with Crippen molar-refractivity contribution >= 4 is 34.5 Å². The van der Waals surface area contributed by atoms with Gasteiger partial charge in [0.15, 0.2) is 0 Å². The van der Waals surface area contributed by atoms with Crippen molar-refractivity contribution in [3.05, 3.63) is 91.2 Å². The van der Waals surface area contributed by atoms with Crippen molar-refractivity contribution in [3.63, 3.8) is 0 Å². The van der Waals surface area contributed by atoms with Gasteiger partial charge in [-0.1, -0.05) is 18.2 Å². The number of anilines is 1. The fourth-order valence-electron chi connectivity index (χ4n) is 3.51. The first-order valence-corrected chi connectivity index (χ1v) is 10.3. The molecule has 0 radical (unpaired) electrons. The van der Waals surface area contributed by atoms with Crippen molar-refractivity contribution in [2.24, 2.45) is 0 Å². The first kappa shape index (κ1) is 19.8. The van der Waals surface area contributed by atoms with Crippen LogP contribution in [-0.4, -0.2) is 28.2 Å². The number of nitro benzene ring substituents is 1. The van der Waals surface area contributed by atoms with Gasteiger partial charge in [0.25, 0.3) is 17.5 Å². The molecule has 3 aromatic rings. The van der Waals surface area contributed by atoms with E-state index in [2.05, 4.69) is 5.32 Å². The number of thiophene rings is 1. The van der Waals surface area contributed by atoms with E-state index in [1.54, 1.807) is 19.1 Å². The van der Waals surface area contributed by atoms with Crippen molar-refractivity contribution < 1.29 is 14.5 Å². The van der Waals surface area contributed by atoms with Crippen LogP contribution in [0.15, 0.2) is 53.9 Å². The normalized spacial score (nSPS) is 12.9. The Morgan fingerprint density at radius 1 is 1.13 bits per heavy atom. The summed E-state index contributed by atoms with van der Waals surface area (Å²) in [6, 6.07) is 13.7. The molecular weight excluding hydrogens is 402 g/mol. The van der Waals surface area contributed by atoms with Crippen molar-refractivity contribution in [3.8, 4) is 0 Å². The molecule has 1 aromatic heterocycles. The zero-order valence-corrected chi connectivity index (χ0v) is 17.1. The maximum atomic E-state index is 12.6. The third-order valence-corrected chi connectivity index (χ3v) is 6.02. The molecule has 0 fully saturated rings. The third-order valence-electron chi connectivity index (χ3n) is 5.16. The highest BCUT2D eigenvalue weighted by Crippen LogP contribution is 2.26. The summed E-state index contributed by atoms with van der Waals surface area (Å²) in [6.45, 7) is 2.76. The van der Waals surface area contributed by atoms with Crippen LogP contribution in [0, 0.1) is 17.0 Å². The van der Waals surface area contributed by atoms with Gasteiger partial charge in [0, 0.05) is 36.0 Å². The molecule has 30 heavy (non-hydrogen) atoms. The Bertz CT molecular complexity index is 1140. The van der Waals surface area contributed by atoms with Gasteiger partial charge in [-0.05, 0) is 54.1 Å². The van der Waals surface area contributed by atoms with Gasteiger partial charge in [-0.25, -0.2) is 0 Å². The Balaban J connectivity index is 1.51. The molecular formula is C22H19N3O4S. The summed E-state index contributed by atoms with van der Waals surface area (Å²) in [5, 5.41) is 15.8. The zero-order chi connectivity index (χ0) is 21.3. The number of nitro groups is 1. The van der Waals surface area contributed by atoms with Gasteiger partial charge in [-0.2, -0.15) is 0 Å². The standard InChI is InChI=1S/C22H19N3O4S/c1-14-4-5-16(12-19(14)25(28)29)21(26)23-18-7-6-15-8-9-24(13-17(15)11-18)22(27)20-3-2-10-30-20/h2-7,10-12H,8-9,13H2,1H3,(H,23,26). The maximum absolute atomic E-state index is 12.6. The highest BCUT2D eigenvalue weighted by atomic mass is 32.1. The van der Waals surface area contributed by atoms with Gasteiger partial charge in [-0.15, -0.1) is 11.3 Å². The van der Waals surface area contributed by atoms with E-state index in [-0.39, 0.29) is 17.2 Å². The number of rotatable bonds is 4. The Morgan fingerprint density at radius 3 is 2.70 bits per heavy atom. The molecule has 0 bridgehead atoms. The number of hydrogen-bond donors (Lipinski definition) is 1. The molecule has 0 spiro atoms. The van der Waals surface area contributed by atoms with Crippen LogP contribution in [0.2, 0.25) is 0 Å². The molecule has 0 saturated carbocycles. The number of benzene rings is 2. The van der Waals surface area contributed by atoms with Gasteiger partial charge in [-0.3, -0.25) is 19.7 Å². The number of aryl methyl sites for hydroxylation is 1. The predicted molar refractivity (Wildman–Crippen MR) is 115 cm³/mol. The van der Waals surface area contributed by atoms with Crippen molar-refractivity contribution in [1.82, 2.24) is 4.90 Å². The second-order valence-electron chi connectivity index (χ2n) is 7.15. The van der Waals surface area contributed by atoms with Gasteiger partial charge < -0.3 is 10.2 Å². The summed E-state index contributed by atoms with van der Waals surface area (Å²) in [6.07, 6.45) is 0.755. The van der Waals surface area contributed by atoms with Crippen LogP contribution in [0.5, 0.6) is 0 Å². The van der Waals surface area contributed by atoms with Crippen LogP contribution in [-0.2, 0) is 13.0 Å². The predicted octanol–water partition coefficient (Wildman–Crippen LogP) is 4.42. The molecule has 4 rings (SSSR count). The Kier molecular flexibility index (Phi) is 5.33. The monoisotopic (exact) mass is 421 g/mol. The first-order valence-electron chi connectivity index (χ1n) is 9.43. The molecule has 8 heteroatoms. The van der Waals surface area contributed by atoms with Gasteiger partial charge in [0.1, 0.15) is 0 Å². The summed E-state index contributed by atoms with van der Waals surface area (Å²) >= 11 is 1.42. The number of nitrogens with zero attached hydrogens (tertiary/aromatic N) is 2. The summed E-state index contributed by atoms with van der Waals surface area (Å²) < 4.78 is 0. The first-order chi connectivity index (χ1) is 14.4. The molecule has 1 N–H and O–H groups in total. The lowest BCUT2D eigenvalue weighted by atomic mass is 9.98. The number of hydrogen-bond acceptors (Lipinski definition) is 5. The molecule has 0 saturated heterocycles. The zero-order valence-electron chi connectivity index (χ0n) is 16.3. The molecule has 0 atom stereocenters. The highest BCUT2D eigenvalue weighted by molar-refractivity contribution is 7.12. The van der Waals surface area contributed by atoms with Crippen LogP contribution in [0.25, 0.3) is 0 Å². The number of carbonyl (C=O) groups excluding carboxylic acids is 2. The second-order valence-corrected chi connectivity index (χ2v) is 8.10. The van der Waals surface area contributed by atoms with E-state index in [4.69, 9.17) is 0 Å². The molecule has 1 aliphatic rings. The van der Waals surface area contributed by atoms with Crippen LogP contribution in [0.4, 0.5) is 11.4 Å². The summed E-state index contributed by atoms with van der Waals surface area (Å²) in [5.41, 5.74) is 3.36. The average molecular weight is 421 g/mol. The topological polar surface area (TPSA) is 92.6 Å². The largest absolute Gasteiger partial charge is 0.333 e. The van der Waals surface area contributed by atoms with E-state index in [0.29, 0.717) is 29.2 Å². The lowest BCUT2D eigenvalue weighted by molar-refractivity contribution is -0.385. The van der Waals surface area contributed by atoms with Crippen LogP contribution in [0.3, 0.4) is 0 Å². The van der Waals surface area contributed by atoms with E-state index in [1.165, 1.54) is 17.4 Å². The Morgan fingerprint density at radius 2 is 1.97 bits per heavy atom. The average Bonchev–Trinajstić information content (AvgIpc) is 3.27. The van der Waals surface area contributed by atoms with E-state index in [1.807, 2.05) is 40.6 Å². The minimum absolute atomic E-state index is 0.0112. The van der Waals surface area contributed by atoms with Crippen LogP contribution in [0.1, 0.15) is 36.7 Å². The van der Waals surface area contributed by atoms with Crippen LogP contribution >= 0.6 is 11.3 Å². The lowest BCUT2D eigenvalue weighted by Crippen LogP contribution is -2.35. The molecule has 1 aliphatic heterocycles. The molecule has 0 unspecified atom stereocenters. The quantitative estimate of drug-likeness (QED) is 0.499. The molecule has 2 aromatic carbocycles. The molecule has 2 amide bonds. The fraction of sp³-hybridized carbons (Fsp3) is 0.182. The van der Waals surface area contributed by atoms with E-state index < -0.39 is 10.8 Å². The number of fused-ring (bicyclic) bond motifs is 1. The maximum Gasteiger partial charge on any atom is 0.273 e. The van der Waals surface area contributed by atoms with E-state index in [9.17, 15) is 19.7 Å². The number of nitrogens with one attached hydrogen (secondary N) is 1. The molecule has 152 valence electrons. The van der Waals surface area contributed by atoms with Crippen molar-refractivity contribution in [2.75, 3.05) is 11.9 Å². The SMILES string of the molecule is Cc1ccc(C(=O)Nc2ccc3c(c2)CN(C(=O)c2cccs2)CC3)cc1[N+](=O)[O-]. The van der Waals surface area contributed by atoms with Crippen molar-refractivity contribution in [2.45, 2.75) is 19.9 Å². The lowest BCUT2D eigenvalue weighted by Gasteiger charge is -2.29. The van der Waals surface area contributed by atoms with Crippen molar-refractivity contribution in [1.29, 1.82) is 0 Å². The smallest absolute Gasteiger partial charge is 0.273 e. The molecule has 7 nitrogen and oxygen atoms in total. The fourth-order valence-corrected chi connectivity index (χ4v) is 4.21. The number of amides is 2. The Labute approximate surface area is 177 Å². The summed E-state index contributed by atoms with van der Waals surface area (Å²) in [5.74, 6) is -0.405. The van der Waals surface area contributed by atoms with Gasteiger partial charge in [0.05, 0.1) is 9.80 Å². The summed E-state index contributed by atoms with van der Waals surface area (Å²) in [4.78, 5) is 38.4. The second kappa shape index (κ2) is 8.08. The van der Waals surface area contributed by atoms with E-state index in [0.717, 1.165) is 17.5 Å². The highest BCUT2D eigenvalue weighted by Gasteiger charge is 2.23. The molecule has 0 aliphatic carbocycles. The van der Waals surface area contributed by atoms with Gasteiger partial charge in [0.2, 0.25) is 0 Å². The van der Waals surface area contributed by atoms with Crippen LogP contribution < -0.4 is 5.32 Å². The third kappa shape index (κ3) is 3.95. The Hall–Kier alpha value is -3.52. The summed E-state index contributed by atoms with van der Waals surface area (Å²) in [7, 11) is 0. The minimum Gasteiger partial charge on any atom is -0.333 e.